The van der Waals surface area contributed by atoms with Gasteiger partial charge in [-0.25, -0.2) is 0 Å². The Kier molecular flexibility index (Phi) is 3.61. The average molecular weight is 269 g/mol. The number of hydrogen-bond donors (Lipinski definition) is 2. The second-order valence-electron chi connectivity index (χ2n) is 4.78. The molecule has 1 aromatic carbocycles. The molecule has 2 rings (SSSR count). The van der Waals surface area contributed by atoms with Crippen molar-refractivity contribution in [3.63, 3.8) is 0 Å². The topological polar surface area (TPSA) is 75.4 Å². The normalized spacial score (nSPS) is 23.1. The molecule has 100 valence electrons. The smallest absolute Gasteiger partial charge is 0.301 e. The van der Waals surface area contributed by atoms with Crippen LogP contribution in [0.15, 0.2) is 18.2 Å². The van der Waals surface area contributed by atoms with E-state index in [4.69, 9.17) is 5.73 Å². The van der Waals surface area contributed by atoms with E-state index in [1.54, 1.807) is 0 Å². The van der Waals surface area contributed by atoms with Crippen molar-refractivity contribution in [1.82, 2.24) is 4.72 Å². The molecule has 1 aliphatic rings. The molecule has 0 bridgehead atoms. The first-order valence-corrected chi connectivity index (χ1v) is 7.42. The molecule has 1 saturated heterocycles. The van der Waals surface area contributed by atoms with E-state index in [-0.39, 0.29) is 5.92 Å². The zero-order chi connectivity index (χ0) is 13.3. The first-order valence-electron chi connectivity index (χ1n) is 5.98. The van der Waals surface area contributed by atoms with Crippen molar-refractivity contribution in [2.24, 2.45) is 11.7 Å². The summed E-state index contributed by atoms with van der Waals surface area (Å²) in [7, 11) is -3.43. The van der Waals surface area contributed by atoms with Gasteiger partial charge in [-0.05, 0) is 32.0 Å². The van der Waals surface area contributed by atoms with E-state index in [9.17, 15) is 8.42 Å². The van der Waals surface area contributed by atoms with Crippen molar-refractivity contribution in [3.05, 3.63) is 29.3 Å². The SMILES string of the molecule is Cc1ccc(N2CC(CN)CNS2(=O)=O)c(C)c1. The van der Waals surface area contributed by atoms with Crippen LogP contribution in [0.3, 0.4) is 0 Å². The van der Waals surface area contributed by atoms with Gasteiger partial charge >= 0.3 is 10.2 Å². The predicted molar refractivity (Wildman–Crippen MR) is 72.7 cm³/mol. The quantitative estimate of drug-likeness (QED) is 0.822. The van der Waals surface area contributed by atoms with Crippen LogP contribution in [-0.4, -0.2) is 28.1 Å². The summed E-state index contributed by atoms with van der Waals surface area (Å²) in [5, 5.41) is 0. The van der Waals surface area contributed by atoms with E-state index in [1.807, 2.05) is 32.0 Å². The van der Waals surface area contributed by atoms with Crippen LogP contribution in [0, 0.1) is 19.8 Å². The second-order valence-corrected chi connectivity index (χ2v) is 6.46. The van der Waals surface area contributed by atoms with E-state index in [2.05, 4.69) is 4.72 Å². The minimum absolute atomic E-state index is 0.147. The molecule has 0 spiro atoms. The number of rotatable bonds is 2. The van der Waals surface area contributed by atoms with Crippen LogP contribution in [0.5, 0.6) is 0 Å². The van der Waals surface area contributed by atoms with E-state index in [0.29, 0.717) is 19.6 Å². The van der Waals surface area contributed by atoms with Gasteiger partial charge < -0.3 is 5.73 Å². The van der Waals surface area contributed by atoms with Crippen LogP contribution in [-0.2, 0) is 10.2 Å². The standard InChI is InChI=1S/C12H19N3O2S/c1-9-3-4-12(10(2)5-9)15-8-11(6-13)7-14-18(15,16)17/h3-5,11,14H,6-8,13H2,1-2H3. The third-order valence-corrected chi connectivity index (χ3v) is 4.68. The molecule has 0 aromatic heterocycles. The minimum atomic E-state index is -3.43. The van der Waals surface area contributed by atoms with E-state index < -0.39 is 10.2 Å². The molecule has 3 N–H and O–H groups in total. The predicted octanol–water partition coefficient (Wildman–Crippen LogP) is 0.533. The zero-order valence-corrected chi connectivity index (χ0v) is 11.5. The Morgan fingerprint density at radius 3 is 2.78 bits per heavy atom. The minimum Gasteiger partial charge on any atom is -0.330 e. The molecule has 1 fully saturated rings. The zero-order valence-electron chi connectivity index (χ0n) is 10.7. The van der Waals surface area contributed by atoms with Crippen molar-refractivity contribution in [2.75, 3.05) is 23.9 Å². The van der Waals surface area contributed by atoms with Gasteiger partial charge in [-0.1, -0.05) is 17.7 Å². The third-order valence-electron chi connectivity index (χ3n) is 3.22. The summed E-state index contributed by atoms with van der Waals surface area (Å²) in [5.74, 6) is 0.147. The Morgan fingerprint density at radius 1 is 1.44 bits per heavy atom. The maximum Gasteiger partial charge on any atom is 0.301 e. The maximum atomic E-state index is 12.1. The lowest BCUT2D eigenvalue weighted by Gasteiger charge is -2.34. The van der Waals surface area contributed by atoms with Crippen LogP contribution in [0.4, 0.5) is 5.69 Å². The molecule has 5 nitrogen and oxygen atoms in total. The summed E-state index contributed by atoms with van der Waals surface area (Å²) in [6, 6.07) is 5.75. The van der Waals surface area contributed by atoms with Gasteiger partial charge in [0.15, 0.2) is 0 Å². The van der Waals surface area contributed by atoms with Crippen molar-refractivity contribution in [3.8, 4) is 0 Å². The summed E-state index contributed by atoms with van der Waals surface area (Å²) in [4.78, 5) is 0. The number of benzene rings is 1. The Morgan fingerprint density at radius 2 is 2.17 bits per heavy atom. The van der Waals surface area contributed by atoms with Crippen LogP contribution in [0.25, 0.3) is 0 Å². The largest absolute Gasteiger partial charge is 0.330 e. The molecule has 18 heavy (non-hydrogen) atoms. The molecule has 1 atom stereocenters. The fourth-order valence-corrected chi connectivity index (χ4v) is 3.64. The van der Waals surface area contributed by atoms with Crippen LogP contribution >= 0.6 is 0 Å². The highest BCUT2D eigenvalue weighted by molar-refractivity contribution is 7.90. The monoisotopic (exact) mass is 269 g/mol. The highest BCUT2D eigenvalue weighted by Crippen LogP contribution is 2.26. The Balaban J connectivity index is 2.39. The summed E-state index contributed by atoms with van der Waals surface area (Å²) in [5.41, 5.74) is 8.44. The lowest BCUT2D eigenvalue weighted by molar-refractivity contribution is 0.486. The molecule has 0 radical (unpaired) electrons. The molecular formula is C12H19N3O2S. The molecule has 6 heteroatoms. The Bertz CT molecular complexity index is 542. The highest BCUT2D eigenvalue weighted by Gasteiger charge is 2.31. The summed E-state index contributed by atoms with van der Waals surface area (Å²) < 4.78 is 28.1. The average Bonchev–Trinajstić information content (AvgIpc) is 2.30. The molecule has 1 aliphatic heterocycles. The summed E-state index contributed by atoms with van der Waals surface area (Å²) >= 11 is 0. The molecule has 0 amide bonds. The molecule has 0 saturated carbocycles. The number of anilines is 1. The number of hydrogen-bond acceptors (Lipinski definition) is 3. The fourth-order valence-electron chi connectivity index (χ4n) is 2.17. The second kappa shape index (κ2) is 4.87. The van der Waals surface area contributed by atoms with Gasteiger partial charge in [-0.3, -0.25) is 4.31 Å². The van der Waals surface area contributed by atoms with E-state index in [1.165, 1.54) is 4.31 Å². The highest BCUT2D eigenvalue weighted by atomic mass is 32.2. The Labute approximate surface area is 108 Å². The Hall–Kier alpha value is -1.11. The molecule has 1 unspecified atom stereocenters. The number of nitrogens with two attached hydrogens (primary N) is 1. The summed E-state index contributed by atoms with van der Waals surface area (Å²) in [6.07, 6.45) is 0. The van der Waals surface area contributed by atoms with Gasteiger partial charge in [0.25, 0.3) is 0 Å². The first kappa shape index (κ1) is 13.3. The maximum absolute atomic E-state index is 12.1. The van der Waals surface area contributed by atoms with Gasteiger partial charge in [0.2, 0.25) is 0 Å². The van der Waals surface area contributed by atoms with Gasteiger partial charge in [0.05, 0.1) is 5.69 Å². The van der Waals surface area contributed by atoms with Crippen molar-refractivity contribution >= 4 is 15.9 Å². The van der Waals surface area contributed by atoms with Gasteiger partial charge in [-0.15, -0.1) is 0 Å². The molecule has 0 aliphatic carbocycles. The van der Waals surface area contributed by atoms with Crippen molar-refractivity contribution < 1.29 is 8.42 Å². The van der Waals surface area contributed by atoms with Crippen molar-refractivity contribution in [1.29, 1.82) is 0 Å². The van der Waals surface area contributed by atoms with E-state index >= 15 is 0 Å². The van der Waals surface area contributed by atoms with Gasteiger partial charge in [0, 0.05) is 19.0 Å². The fraction of sp³-hybridized carbons (Fsp3) is 0.500. The molecule has 1 aromatic rings. The summed E-state index contributed by atoms with van der Waals surface area (Å²) in [6.45, 7) is 5.24. The number of aryl methyl sites for hydroxylation is 2. The van der Waals surface area contributed by atoms with Crippen LogP contribution in [0.1, 0.15) is 11.1 Å². The lowest BCUT2D eigenvalue weighted by atomic mass is 10.1. The van der Waals surface area contributed by atoms with Gasteiger partial charge in [-0.2, -0.15) is 13.1 Å². The number of nitrogens with one attached hydrogen (secondary N) is 1. The van der Waals surface area contributed by atoms with Crippen LogP contribution < -0.4 is 14.8 Å². The molecular weight excluding hydrogens is 250 g/mol. The molecule has 1 heterocycles. The number of nitrogens with zero attached hydrogens (tertiary/aromatic N) is 1. The third kappa shape index (κ3) is 2.50. The van der Waals surface area contributed by atoms with Crippen LogP contribution in [0.2, 0.25) is 0 Å². The first-order chi connectivity index (χ1) is 8.44. The lowest BCUT2D eigenvalue weighted by Crippen LogP contribution is -2.53. The van der Waals surface area contributed by atoms with E-state index in [0.717, 1.165) is 16.8 Å². The van der Waals surface area contributed by atoms with Crippen molar-refractivity contribution in [2.45, 2.75) is 13.8 Å². The van der Waals surface area contributed by atoms with Gasteiger partial charge in [0.1, 0.15) is 0 Å².